The Morgan fingerprint density at radius 2 is 2.09 bits per heavy atom. The van der Waals surface area contributed by atoms with E-state index in [4.69, 9.17) is 6.11 Å². The lowest BCUT2D eigenvalue weighted by Gasteiger charge is -2.32. The summed E-state index contributed by atoms with van der Waals surface area (Å²) in [5.74, 6) is 0. The number of hydrogen-bond donors (Lipinski definition) is 0. The summed E-state index contributed by atoms with van der Waals surface area (Å²) in [6.07, 6.45) is -0.413. The number of carbonyl (C=O) groups is 1. The first kappa shape index (κ1) is 6.95. The number of carbonyl (C=O) groups excluding carboxylic acids is 1. The first-order chi connectivity index (χ1) is 5.38. The number of hydrogen-bond acceptors (Lipinski definition) is 2. The molecule has 1 fully saturated rings. The molecule has 0 atom stereocenters. The molecule has 0 aromatic carbocycles. The van der Waals surface area contributed by atoms with E-state index in [1.165, 1.54) is 0 Å². The number of rotatable bonds is 0. The summed E-state index contributed by atoms with van der Waals surface area (Å²) in [6, 6.07) is 0. The van der Waals surface area contributed by atoms with Crippen molar-refractivity contribution in [3.05, 3.63) is 0 Å². The van der Waals surface area contributed by atoms with Crippen molar-refractivity contribution in [3.8, 4) is 0 Å². The first-order valence-corrected chi connectivity index (χ1v) is 3.78. The number of amides is 1. The van der Waals surface area contributed by atoms with Crippen molar-refractivity contribution in [2.45, 2.75) is 32.8 Å². The average Bonchev–Trinajstić information content (AvgIpc) is 1.76. The van der Waals surface area contributed by atoms with E-state index in [0.717, 1.165) is 0 Å². The Bertz CT molecular complexity index is 182. The zero-order valence-electron chi connectivity index (χ0n) is 8.26. The SMILES string of the molecule is [2H]C1CN(C(=O)OC(C)(C)C)C1. The van der Waals surface area contributed by atoms with Crippen LogP contribution < -0.4 is 0 Å². The molecule has 0 bridgehead atoms. The molecule has 0 radical (unpaired) electrons. The highest BCUT2D eigenvalue weighted by Gasteiger charge is 2.25. The highest BCUT2D eigenvalue weighted by Crippen LogP contribution is 2.13. The molecule has 3 heteroatoms. The van der Waals surface area contributed by atoms with E-state index in [0.29, 0.717) is 13.1 Å². The Morgan fingerprint density at radius 3 is 2.45 bits per heavy atom. The van der Waals surface area contributed by atoms with Gasteiger partial charge in [-0.1, -0.05) is 0 Å². The summed E-state index contributed by atoms with van der Waals surface area (Å²) >= 11 is 0. The van der Waals surface area contributed by atoms with Gasteiger partial charge in [-0.05, 0) is 27.2 Å². The van der Waals surface area contributed by atoms with Gasteiger partial charge in [0.2, 0.25) is 0 Å². The summed E-state index contributed by atoms with van der Waals surface area (Å²) in [5, 5.41) is 0. The van der Waals surface area contributed by atoms with Crippen molar-refractivity contribution in [2.24, 2.45) is 0 Å². The molecule has 64 valence electrons. The van der Waals surface area contributed by atoms with E-state index >= 15 is 0 Å². The Balaban J connectivity index is 2.30. The summed E-state index contributed by atoms with van der Waals surface area (Å²) in [7, 11) is 0. The minimum absolute atomic E-state index is 0.113. The minimum Gasteiger partial charge on any atom is -0.444 e. The van der Waals surface area contributed by atoms with Crippen molar-refractivity contribution < 1.29 is 10.9 Å². The molecule has 1 aliphatic heterocycles. The second-order valence-corrected chi connectivity index (χ2v) is 3.67. The van der Waals surface area contributed by atoms with Gasteiger partial charge in [-0.3, -0.25) is 0 Å². The van der Waals surface area contributed by atoms with Crippen LogP contribution in [0.5, 0.6) is 0 Å². The second-order valence-electron chi connectivity index (χ2n) is 3.67. The molecule has 11 heavy (non-hydrogen) atoms. The van der Waals surface area contributed by atoms with Crippen LogP contribution in [-0.4, -0.2) is 29.7 Å². The maximum absolute atomic E-state index is 11.2. The normalized spacial score (nSPS) is 20.6. The molecule has 1 rings (SSSR count). The molecule has 0 spiro atoms. The number of nitrogens with zero attached hydrogens (tertiary/aromatic N) is 1. The molecule has 0 N–H and O–H groups in total. The number of likely N-dealkylation sites (tertiary alicyclic amines) is 1. The van der Waals surface area contributed by atoms with Crippen LogP contribution >= 0.6 is 0 Å². The Hall–Kier alpha value is -0.730. The molecule has 0 saturated carbocycles. The summed E-state index contributed by atoms with van der Waals surface area (Å²) < 4.78 is 12.3. The van der Waals surface area contributed by atoms with Crippen LogP contribution in [0.1, 0.15) is 28.5 Å². The van der Waals surface area contributed by atoms with Gasteiger partial charge in [0.25, 0.3) is 0 Å². The van der Waals surface area contributed by atoms with Crippen molar-refractivity contribution in [2.75, 3.05) is 13.1 Å². The maximum atomic E-state index is 11.2. The molecule has 0 aliphatic carbocycles. The van der Waals surface area contributed by atoms with Gasteiger partial charge in [0.15, 0.2) is 0 Å². The zero-order chi connectivity index (χ0) is 9.35. The summed E-state index contributed by atoms with van der Waals surface area (Å²) in [5.41, 5.74) is -0.426. The molecule has 0 unspecified atom stereocenters. The predicted octanol–water partition coefficient (Wildman–Crippen LogP) is 1.63. The van der Waals surface area contributed by atoms with Crippen LogP contribution in [0.25, 0.3) is 0 Å². The van der Waals surface area contributed by atoms with Gasteiger partial charge in [-0.15, -0.1) is 0 Å². The van der Waals surface area contributed by atoms with E-state index in [9.17, 15) is 4.79 Å². The van der Waals surface area contributed by atoms with Gasteiger partial charge in [0, 0.05) is 14.5 Å². The third-order valence-electron chi connectivity index (χ3n) is 1.35. The third kappa shape index (κ3) is 2.41. The van der Waals surface area contributed by atoms with E-state index < -0.39 is 5.60 Å². The Labute approximate surface area is 68.7 Å². The lowest BCUT2D eigenvalue weighted by atomic mass is 10.2. The zero-order valence-corrected chi connectivity index (χ0v) is 7.26. The van der Waals surface area contributed by atoms with Gasteiger partial charge in [0.1, 0.15) is 5.60 Å². The van der Waals surface area contributed by atoms with Gasteiger partial charge in [-0.2, -0.15) is 0 Å². The fourth-order valence-corrected chi connectivity index (χ4v) is 0.734. The van der Waals surface area contributed by atoms with Crippen LogP contribution in [0.4, 0.5) is 4.79 Å². The molecular weight excluding hydrogens is 142 g/mol. The van der Waals surface area contributed by atoms with Gasteiger partial charge < -0.3 is 9.64 Å². The van der Waals surface area contributed by atoms with Gasteiger partial charge in [-0.25, -0.2) is 4.79 Å². The summed E-state index contributed by atoms with van der Waals surface area (Å²) in [6.45, 7) is 6.53. The van der Waals surface area contributed by atoms with E-state index in [2.05, 4.69) is 0 Å². The largest absolute Gasteiger partial charge is 0.444 e. The van der Waals surface area contributed by atoms with Crippen molar-refractivity contribution in [1.29, 1.82) is 0 Å². The van der Waals surface area contributed by atoms with Crippen molar-refractivity contribution in [3.63, 3.8) is 0 Å². The molecule has 1 aliphatic rings. The summed E-state index contributed by atoms with van der Waals surface area (Å²) in [4.78, 5) is 12.8. The van der Waals surface area contributed by atoms with Gasteiger partial charge in [0.05, 0.1) is 0 Å². The third-order valence-corrected chi connectivity index (χ3v) is 1.35. The highest BCUT2D eigenvalue weighted by atomic mass is 16.6. The average molecular weight is 158 g/mol. The van der Waals surface area contributed by atoms with Crippen LogP contribution in [0.15, 0.2) is 0 Å². The second kappa shape index (κ2) is 2.72. The maximum Gasteiger partial charge on any atom is 0.410 e. The Kier molecular flexibility index (Phi) is 1.72. The highest BCUT2D eigenvalue weighted by molar-refractivity contribution is 5.68. The Morgan fingerprint density at radius 1 is 1.55 bits per heavy atom. The quantitative estimate of drug-likeness (QED) is 0.536. The van der Waals surface area contributed by atoms with E-state index in [1.54, 1.807) is 4.90 Å². The molecule has 3 nitrogen and oxygen atoms in total. The van der Waals surface area contributed by atoms with Crippen LogP contribution in [0.2, 0.25) is 0 Å². The van der Waals surface area contributed by atoms with E-state index in [1.807, 2.05) is 20.8 Å². The van der Waals surface area contributed by atoms with Crippen molar-refractivity contribution in [1.82, 2.24) is 4.90 Å². The van der Waals surface area contributed by atoms with Gasteiger partial charge >= 0.3 is 6.09 Å². The number of ether oxygens (including phenoxy) is 1. The molecule has 0 aromatic rings. The molecule has 1 saturated heterocycles. The monoisotopic (exact) mass is 158 g/mol. The lowest BCUT2D eigenvalue weighted by molar-refractivity contribution is 0.0131. The standard InChI is InChI=1S/C8H15NO2/c1-8(2,3)11-7(10)9-5-4-6-9/h4-6H2,1-3H3/i4D. The predicted molar refractivity (Wildman–Crippen MR) is 42.4 cm³/mol. The minimum atomic E-state index is -0.426. The molecular formula is C8H15NO2. The fraction of sp³-hybridized carbons (Fsp3) is 0.875. The smallest absolute Gasteiger partial charge is 0.410 e. The van der Waals surface area contributed by atoms with Crippen LogP contribution in [0.3, 0.4) is 0 Å². The molecule has 0 aromatic heterocycles. The van der Waals surface area contributed by atoms with Crippen LogP contribution in [-0.2, 0) is 4.74 Å². The van der Waals surface area contributed by atoms with E-state index in [-0.39, 0.29) is 12.5 Å². The van der Waals surface area contributed by atoms with Crippen LogP contribution in [0, 0.1) is 0 Å². The fourth-order valence-electron chi connectivity index (χ4n) is 0.734. The molecule has 1 amide bonds. The first-order valence-electron chi connectivity index (χ1n) is 4.36. The topological polar surface area (TPSA) is 29.5 Å². The lowest BCUT2D eigenvalue weighted by Crippen LogP contribution is -2.44. The van der Waals surface area contributed by atoms with Crippen molar-refractivity contribution >= 4 is 6.09 Å². The molecule has 1 heterocycles.